The molecule has 5 nitrogen and oxygen atoms in total. The van der Waals surface area contributed by atoms with Crippen molar-refractivity contribution in [1.82, 2.24) is 20.6 Å². The lowest BCUT2D eigenvalue weighted by atomic mass is 10.1. The van der Waals surface area contributed by atoms with Crippen molar-refractivity contribution in [3.63, 3.8) is 0 Å². The van der Waals surface area contributed by atoms with Crippen LogP contribution in [0.3, 0.4) is 0 Å². The van der Waals surface area contributed by atoms with Gasteiger partial charge >= 0.3 is 0 Å². The zero-order valence-corrected chi connectivity index (χ0v) is 11.5. The van der Waals surface area contributed by atoms with E-state index in [2.05, 4.69) is 20.6 Å². The summed E-state index contributed by atoms with van der Waals surface area (Å²) in [4.78, 5) is 0. The first-order chi connectivity index (χ1) is 10.2. The molecule has 0 fully saturated rings. The Kier molecular flexibility index (Phi) is 3.47. The Hall–Kier alpha value is -2.95. The van der Waals surface area contributed by atoms with E-state index in [1.165, 1.54) is 0 Å². The van der Waals surface area contributed by atoms with Gasteiger partial charge in [0, 0.05) is 5.56 Å². The van der Waals surface area contributed by atoms with Crippen LogP contribution in [-0.4, -0.2) is 25.7 Å². The highest BCUT2D eigenvalue weighted by Crippen LogP contribution is 2.20. The number of hydrogen-bond acceptors (Lipinski definition) is 4. The Morgan fingerprint density at radius 1 is 1.10 bits per heavy atom. The van der Waals surface area contributed by atoms with E-state index in [1.54, 1.807) is 12.1 Å². The minimum Gasteiger partial charge on any atom is -0.508 e. The van der Waals surface area contributed by atoms with Crippen LogP contribution in [0.15, 0.2) is 42.5 Å². The molecule has 0 bridgehead atoms. The van der Waals surface area contributed by atoms with Crippen molar-refractivity contribution in [2.75, 3.05) is 0 Å². The molecule has 0 aliphatic carbocycles. The van der Waals surface area contributed by atoms with Crippen molar-refractivity contribution >= 4 is 12.2 Å². The number of aromatic hydroxyl groups is 1. The van der Waals surface area contributed by atoms with E-state index in [4.69, 9.17) is 0 Å². The van der Waals surface area contributed by atoms with Crippen LogP contribution in [0.25, 0.3) is 23.5 Å². The molecule has 0 atom stereocenters. The molecule has 0 saturated heterocycles. The predicted molar refractivity (Wildman–Crippen MR) is 81.4 cm³/mol. The SMILES string of the molecule is Cc1cc(O)ccc1/C=C/c1cccc(-c2nnn[nH]2)c1. The number of hydrogen-bond donors (Lipinski definition) is 2. The molecule has 0 aliphatic heterocycles. The zero-order valence-electron chi connectivity index (χ0n) is 11.5. The summed E-state index contributed by atoms with van der Waals surface area (Å²) in [5.74, 6) is 0.926. The number of benzene rings is 2. The fourth-order valence-electron chi connectivity index (χ4n) is 2.10. The number of phenolic OH excluding ortho intramolecular Hbond substituents is 1. The average molecular weight is 278 g/mol. The van der Waals surface area contributed by atoms with E-state index in [0.717, 1.165) is 22.3 Å². The van der Waals surface area contributed by atoms with Crippen LogP contribution in [0, 0.1) is 6.92 Å². The first-order valence-electron chi connectivity index (χ1n) is 6.54. The minimum absolute atomic E-state index is 0.282. The van der Waals surface area contributed by atoms with E-state index in [1.807, 2.05) is 49.4 Å². The van der Waals surface area contributed by atoms with Gasteiger partial charge in [0.15, 0.2) is 5.82 Å². The van der Waals surface area contributed by atoms with Crippen molar-refractivity contribution in [3.8, 4) is 17.1 Å². The van der Waals surface area contributed by atoms with Gasteiger partial charge in [0.1, 0.15) is 5.75 Å². The largest absolute Gasteiger partial charge is 0.508 e. The summed E-state index contributed by atoms with van der Waals surface area (Å²) in [7, 11) is 0. The summed E-state index contributed by atoms with van der Waals surface area (Å²) in [5, 5.41) is 23.2. The number of rotatable bonds is 3. The molecule has 0 saturated carbocycles. The molecule has 2 N–H and O–H groups in total. The molecule has 1 aromatic heterocycles. The molecule has 3 rings (SSSR count). The fraction of sp³-hybridized carbons (Fsp3) is 0.0625. The van der Waals surface area contributed by atoms with Gasteiger partial charge in [-0.25, -0.2) is 5.10 Å². The second kappa shape index (κ2) is 5.58. The topological polar surface area (TPSA) is 74.7 Å². The maximum atomic E-state index is 9.42. The molecule has 0 unspecified atom stereocenters. The maximum Gasteiger partial charge on any atom is 0.179 e. The molecule has 104 valence electrons. The molecule has 1 heterocycles. The summed E-state index contributed by atoms with van der Waals surface area (Å²) in [6.07, 6.45) is 4.04. The highest BCUT2D eigenvalue weighted by molar-refractivity contribution is 5.73. The summed E-state index contributed by atoms with van der Waals surface area (Å²) >= 11 is 0. The van der Waals surface area contributed by atoms with Gasteiger partial charge in [-0.3, -0.25) is 0 Å². The monoisotopic (exact) mass is 278 g/mol. The Morgan fingerprint density at radius 3 is 2.76 bits per heavy atom. The lowest BCUT2D eigenvalue weighted by Gasteiger charge is -2.01. The van der Waals surface area contributed by atoms with Crippen molar-refractivity contribution in [2.45, 2.75) is 6.92 Å². The van der Waals surface area contributed by atoms with Gasteiger partial charge in [-0.15, -0.1) is 5.10 Å². The third-order valence-electron chi connectivity index (χ3n) is 3.21. The quantitative estimate of drug-likeness (QED) is 0.722. The van der Waals surface area contributed by atoms with Crippen LogP contribution in [0.2, 0.25) is 0 Å². The lowest BCUT2D eigenvalue weighted by molar-refractivity contribution is 0.475. The number of phenols is 1. The van der Waals surface area contributed by atoms with Crippen LogP contribution in [0.5, 0.6) is 5.75 Å². The Labute approximate surface area is 122 Å². The first kappa shape index (κ1) is 13.1. The number of aryl methyl sites for hydroxylation is 1. The van der Waals surface area contributed by atoms with Crippen molar-refractivity contribution in [2.24, 2.45) is 0 Å². The molecule has 0 spiro atoms. The fourth-order valence-corrected chi connectivity index (χ4v) is 2.10. The van der Waals surface area contributed by atoms with E-state index < -0.39 is 0 Å². The molecule has 0 radical (unpaired) electrons. The lowest BCUT2D eigenvalue weighted by Crippen LogP contribution is -1.83. The Morgan fingerprint density at radius 2 is 2.00 bits per heavy atom. The van der Waals surface area contributed by atoms with E-state index in [-0.39, 0.29) is 5.75 Å². The van der Waals surface area contributed by atoms with Crippen LogP contribution >= 0.6 is 0 Å². The van der Waals surface area contributed by atoms with Gasteiger partial charge in [-0.2, -0.15) is 0 Å². The third kappa shape index (κ3) is 2.97. The highest BCUT2D eigenvalue weighted by atomic mass is 16.3. The molecular formula is C16H14N4O. The molecule has 0 amide bonds. The van der Waals surface area contributed by atoms with E-state index >= 15 is 0 Å². The van der Waals surface area contributed by atoms with E-state index in [9.17, 15) is 5.11 Å². The second-order valence-corrected chi connectivity index (χ2v) is 4.75. The van der Waals surface area contributed by atoms with Gasteiger partial charge in [-0.1, -0.05) is 36.4 Å². The molecule has 2 aromatic carbocycles. The Balaban J connectivity index is 1.88. The summed E-state index contributed by atoms with van der Waals surface area (Å²) in [5.41, 5.74) is 4.09. The predicted octanol–water partition coefficient (Wildman–Crippen LogP) is 3.05. The first-order valence-corrected chi connectivity index (χ1v) is 6.54. The van der Waals surface area contributed by atoms with Crippen molar-refractivity contribution < 1.29 is 5.11 Å². The normalized spacial score (nSPS) is 11.1. The third-order valence-corrected chi connectivity index (χ3v) is 3.21. The molecule has 0 aliphatic rings. The standard InChI is InChI=1S/C16H14N4O/c1-11-9-15(21)8-7-13(11)6-5-12-3-2-4-14(10-12)16-17-19-20-18-16/h2-10,21H,1H3,(H,17,18,19,20)/b6-5+. The van der Waals surface area contributed by atoms with Gasteiger partial charge in [0.25, 0.3) is 0 Å². The molecular weight excluding hydrogens is 264 g/mol. The number of tetrazole rings is 1. The molecule has 21 heavy (non-hydrogen) atoms. The van der Waals surface area contributed by atoms with Crippen molar-refractivity contribution in [1.29, 1.82) is 0 Å². The van der Waals surface area contributed by atoms with Gasteiger partial charge in [-0.05, 0) is 52.2 Å². The van der Waals surface area contributed by atoms with Crippen LogP contribution in [-0.2, 0) is 0 Å². The van der Waals surface area contributed by atoms with Crippen molar-refractivity contribution in [3.05, 3.63) is 59.2 Å². The number of nitrogens with one attached hydrogen (secondary N) is 1. The smallest absolute Gasteiger partial charge is 0.179 e. The highest BCUT2D eigenvalue weighted by Gasteiger charge is 2.01. The van der Waals surface area contributed by atoms with Crippen LogP contribution < -0.4 is 0 Å². The number of aromatic nitrogens is 4. The summed E-state index contributed by atoms with van der Waals surface area (Å²) in [6.45, 7) is 1.97. The maximum absolute atomic E-state index is 9.42. The van der Waals surface area contributed by atoms with Crippen LogP contribution in [0.1, 0.15) is 16.7 Å². The summed E-state index contributed by atoms with van der Waals surface area (Å²) in [6, 6.07) is 13.3. The minimum atomic E-state index is 0.282. The summed E-state index contributed by atoms with van der Waals surface area (Å²) < 4.78 is 0. The van der Waals surface area contributed by atoms with E-state index in [0.29, 0.717) is 5.82 Å². The van der Waals surface area contributed by atoms with Gasteiger partial charge < -0.3 is 5.11 Å². The second-order valence-electron chi connectivity index (χ2n) is 4.75. The number of aromatic amines is 1. The average Bonchev–Trinajstić information content (AvgIpc) is 3.01. The molecule has 5 heteroatoms. The molecule has 3 aromatic rings. The number of H-pyrrole nitrogens is 1. The number of nitrogens with zero attached hydrogens (tertiary/aromatic N) is 3. The van der Waals surface area contributed by atoms with Gasteiger partial charge in [0.05, 0.1) is 0 Å². The Bertz CT molecular complexity index is 779. The van der Waals surface area contributed by atoms with Gasteiger partial charge in [0.2, 0.25) is 0 Å². The zero-order chi connectivity index (χ0) is 14.7. The van der Waals surface area contributed by atoms with Crippen LogP contribution in [0.4, 0.5) is 0 Å².